The Balaban J connectivity index is 1.68. The molecule has 4 rings (SSSR count). The van der Waals surface area contributed by atoms with Gasteiger partial charge in [0.1, 0.15) is 0 Å². The molecule has 0 radical (unpaired) electrons. The number of pyridine rings is 1. The van der Waals surface area contributed by atoms with Gasteiger partial charge in [0.2, 0.25) is 0 Å². The highest BCUT2D eigenvalue weighted by Crippen LogP contribution is 2.25. The molecule has 1 aliphatic heterocycles. The van der Waals surface area contributed by atoms with Crippen molar-refractivity contribution >= 4 is 33.2 Å². The monoisotopic (exact) mass is 372 g/mol. The molecule has 116 valence electrons. The van der Waals surface area contributed by atoms with Crippen molar-refractivity contribution in [2.24, 2.45) is 0 Å². The average molecular weight is 373 g/mol. The van der Waals surface area contributed by atoms with Gasteiger partial charge in [-0.2, -0.15) is 5.10 Å². The molecule has 0 atom stereocenters. The lowest BCUT2D eigenvalue weighted by atomic mass is 10.2. The number of halogens is 1. The highest BCUT2D eigenvalue weighted by molar-refractivity contribution is 9.10. The number of carbonyl (C=O) groups excluding carboxylic acids is 1. The van der Waals surface area contributed by atoms with Crippen LogP contribution in [-0.2, 0) is 6.42 Å². The molecule has 0 saturated carbocycles. The maximum absolute atomic E-state index is 12.8. The van der Waals surface area contributed by atoms with Gasteiger partial charge in [-0.25, -0.2) is 14.5 Å². The number of hydrogen-bond donors (Lipinski definition) is 0. The lowest BCUT2D eigenvalue weighted by molar-refractivity contribution is 0.0731. The van der Waals surface area contributed by atoms with Crippen molar-refractivity contribution in [3.63, 3.8) is 0 Å². The van der Waals surface area contributed by atoms with E-state index in [9.17, 15) is 4.79 Å². The molecular weight excluding hydrogens is 360 g/mol. The Morgan fingerprint density at radius 3 is 3.09 bits per heavy atom. The quantitative estimate of drug-likeness (QED) is 0.652. The summed E-state index contributed by atoms with van der Waals surface area (Å²) >= 11 is 3.35. The van der Waals surface area contributed by atoms with E-state index in [4.69, 9.17) is 0 Å². The van der Waals surface area contributed by atoms with Crippen LogP contribution < -0.4 is 5.01 Å². The number of carbonyl (C=O) groups is 1. The van der Waals surface area contributed by atoms with Crippen LogP contribution in [0.4, 0.5) is 5.69 Å². The molecular formula is C15H13BrN6O. The zero-order valence-corrected chi connectivity index (χ0v) is 13.9. The molecule has 3 aromatic heterocycles. The van der Waals surface area contributed by atoms with Gasteiger partial charge in [-0.05, 0) is 28.1 Å². The Morgan fingerprint density at radius 2 is 2.22 bits per heavy atom. The molecule has 0 spiro atoms. The van der Waals surface area contributed by atoms with E-state index in [2.05, 4.69) is 31.0 Å². The molecule has 8 heteroatoms. The van der Waals surface area contributed by atoms with Crippen LogP contribution in [0.5, 0.6) is 0 Å². The second kappa shape index (κ2) is 5.31. The molecule has 1 aliphatic rings. The van der Waals surface area contributed by atoms with Gasteiger partial charge in [0.15, 0.2) is 11.3 Å². The van der Waals surface area contributed by atoms with Gasteiger partial charge in [-0.3, -0.25) is 14.8 Å². The highest BCUT2D eigenvalue weighted by atomic mass is 79.9. The van der Waals surface area contributed by atoms with Crippen LogP contribution in [0.25, 0.3) is 5.65 Å². The minimum Gasteiger partial charge on any atom is -0.284 e. The van der Waals surface area contributed by atoms with Crippen LogP contribution in [0.15, 0.2) is 41.3 Å². The fourth-order valence-electron chi connectivity index (χ4n) is 2.74. The van der Waals surface area contributed by atoms with Crippen LogP contribution in [0.1, 0.15) is 16.2 Å². The smallest absolute Gasteiger partial charge is 0.284 e. The van der Waals surface area contributed by atoms with E-state index in [-0.39, 0.29) is 5.91 Å². The number of nitrogens with zero attached hydrogens (tertiary/aromatic N) is 6. The summed E-state index contributed by atoms with van der Waals surface area (Å²) in [5.41, 5.74) is 2.95. The maximum atomic E-state index is 12.8. The Hall–Kier alpha value is -2.48. The van der Waals surface area contributed by atoms with Crippen molar-refractivity contribution < 1.29 is 4.79 Å². The van der Waals surface area contributed by atoms with Gasteiger partial charge >= 0.3 is 0 Å². The topological polar surface area (TPSA) is 66.6 Å². The second-order valence-corrected chi connectivity index (χ2v) is 6.19. The number of amides is 1. The zero-order valence-electron chi connectivity index (χ0n) is 12.3. The number of hydrazine groups is 1. The standard InChI is InChI=1S/C15H13BrN6O/c1-20-13-3-2-5-17-11(13)4-6-22(20)15(23)12-7-14-18-8-10(16)9-21(14)19-12/h2-3,5,7-9H,4,6H2,1H3. The predicted molar refractivity (Wildman–Crippen MR) is 88.1 cm³/mol. The first-order valence-electron chi connectivity index (χ1n) is 7.14. The van der Waals surface area contributed by atoms with E-state index in [1.54, 1.807) is 34.2 Å². The van der Waals surface area contributed by atoms with E-state index in [1.807, 2.05) is 24.2 Å². The molecule has 0 bridgehead atoms. The summed E-state index contributed by atoms with van der Waals surface area (Å²) in [5.74, 6) is -0.149. The fraction of sp³-hybridized carbons (Fsp3) is 0.200. The SMILES string of the molecule is CN1c2cccnc2CCN1C(=O)c1cc2ncc(Br)cn2n1. The van der Waals surface area contributed by atoms with E-state index in [1.165, 1.54) is 0 Å². The van der Waals surface area contributed by atoms with Crippen molar-refractivity contribution in [3.8, 4) is 0 Å². The van der Waals surface area contributed by atoms with Crippen molar-refractivity contribution in [1.82, 2.24) is 24.6 Å². The third-order valence-electron chi connectivity index (χ3n) is 3.87. The van der Waals surface area contributed by atoms with Gasteiger partial charge in [0.05, 0.1) is 15.9 Å². The summed E-state index contributed by atoms with van der Waals surface area (Å²) < 4.78 is 2.40. The summed E-state index contributed by atoms with van der Waals surface area (Å²) in [6.07, 6.45) is 5.96. The normalized spacial score (nSPS) is 14.2. The van der Waals surface area contributed by atoms with Gasteiger partial charge in [-0.15, -0.1) is 0 Å². The Kier molecular flexibility index (Phi) is 3.26. The van der Waals surface area contributed by atoms with E-state index >= 15 is 0 Å². The van der Waals surface area contributed by atoms with Crippen LogP contribution >= 0.6 is 15.9 Å². The first kappa shape index (κ1) is 14.1. The van der Waals surface area contributed by atoms with Crippen LogP contribution in [-0.4, -0.2) is 44.1 Å². The predicted octanol–water partition coefficient (Wildman–Crippen LogP) is 1.94. The van der Waals surface area contributed by atoms with Crippen molar-refractivity contribution in [2.45, 2.75) is 6.42 Å². The van der Waals surface area contributed by atoms with E-state index < -0.39 is 0 Å². The minimum absolute atomic E-state index is 0.149. The Morgan fingerprint density at radius 1 is 1.35 bits per heavy atom. The number of aromatic nitrogens is 4. The Bertz CT molecular complexity index is 908. The molecule has 0 aromatic carbocycles. The lowest BCUT2D eigenvalue weighted by Gasteiger charge is -2.37. The van der Waals surface area contributed by atoms with E-state index in [0.29, 0.717) is 17.9 Å². The third kappa shape index (κ3) is 2.35. The number of hydrogen-bond acceptors (Lipinski definition) is 5. The van der Waals surface area contributed by atoms with Crippen molar-refractivity contribution in [3.05, 3.63) is 52.7 Å². The van der Waals surface area contributed by atoms with Gasteiger partial charge in [0, 0.05) is 44.7 Å². The summed E-state index contributed by atoms with van der Waals surface area (Å²) in [4.78, 5) is 21.4. The summed E-state index contributed by atoms with van der Waals surface area (Å²) in [6.45, 7) is 0.574. The highest BCUT2D eigenvalue weighted by Gasteiger charge is 2.28. The lowest BCUT2D eigenvalue weighted by Crippen LogP contribution is -2.48. The third-order valence-corrected chi connectivity index (χ3v) is 4.28. The molecule has 4 heterocycles. The van der Waals surface area contributed by atoms with E-state index in [0.717, 1.165) is 22.3 Å². The molecule has 0 N–H and O–H groups in total. The average Bonchev–Trinajstić information content (AvgIpc) is 2.98. The summed E-state index contributed by atoms with van der Waals surface area (Å²) in [5, 5.41) is 7.85. The molecule has 7 nitrogen and oxygen atoms in total. The van der Waals surface area contributed by atoms with Crippen molar-refractivity contribution in [2.75, 3.05) is 18.6 Å². The molecule has 0 saturated heterocycles. The first-order valence-corrected chi connectivity index (χ1v) is 7.93. The molecule has 0 unspecified atom stereocenters. The number of rotatable bonds is 1. The summed E-state index contributed by atoms with van der Waals surface area (Å²) in [7, 11) is 1.86. The van der Waals surface area contributed by atoms with Crippen LogP contribution in [0.3, 0.4) is 0 Å². The zero-order chi connectivity index (χ0) is 16.0. The van der Waals surface area contributed by atoms with Gasteiger partial charge in [0.25, 0.3) is 5.91 Å². The maximum Gasteiger partial charge on any atom is 0.292 e. The molecule has 0 aliphatic carbocycles. The van der Waals surface area contributed by atoms with Crippen molar-refractivity contribution in [1.29, 1.82) is 0 Å². The molecule has 3 aromatic rings. The number of anilines is 1. The molecule has 23 heavy (non-hydrogen) atoms. The first-order chi connectivity index (χ1) is 11.1. The summed E-state index contributed by atoms with van der Waals surface area (Å²) in [6, 6.07) is 5.53. The van der Waals surface area contributed by atoms with Crippen LogP contribution in [0, 0.1) is 0 Å². The number of fused-ring (bicyclic) bond motifs is 2. The molecule has 0 fully saturated rings. The minimum atomic E-state index is -0.149. The second-order valence-electron chi connectivity index (χ2n) is 5.28. The Labute approximate surface area is 140 Å². The fourth-order valence-corrected chi connectivity index (χ4v) is 3.03. The van der Waals surface area contributed by atoms with Gasteiger partial charge in [-0.1, -0.05) is 0 Å². The van der Waals surface area contributed by atoms with Gasteiger partial charge < -0.3 is 0 Å². The largest absolute Gasteiger partial charge is 0.292 e. The molecule has 1 amide bonds. The van der Waals surface area contributed by atoms with Crippen LogP contribution in [0.2, 0.25) is 0 Å².